The molecule has 0 aliphatic carbocycles. The van der Waals surface area contributed by atoms with Crippen molar-refractivity contribution in [3.8, 4) is 5.75 Å². The first-order valence-corrected chi connectivity index (χ1v) is 11.6. The lowest BCUT2D eigenvalue weighted by Crippen LogP contribution is -2.17. The fourth-order valence-corrected chi connectivity index (χ4v) is 3.50. The summed E-state index contributed by atoms with van der Waals surface area (Å²) in [5.41, 5.74) is 4.20. The molecule has 2 amide bonds. The summed E-state index contributed by atoms with van der Waals surface area (Å²) >= 11 is 0. The van der Waals surface area contributed by atoms with Crippen LogP contribution in [0.5, 0.6) is 5.75 Å². The fraction of sp³-hybridized carbons (Fsp3) is 0.0667. The maximum atomic E-state index is 12.9. The molecule has 6 nitrogen and oxygen atoms in total. The first kappa shape index (κ1) is 24.3. The summed E-state index contributed by atoms with van der Waals surface area (Å²) in [4.78, 5) is 25.5. The highest BCUT2D eigenvalue weighted by Gasteiger charge is 2.12. The number of ether oxygens (including phenoxy) is 1. The molecule has 180 valence electrons. The normalized spacial score (nSPS) is 10.6. The van der Waals surface area contributed by atoms with Crippen molar-refractivity contribution >= 4 is 40.6 Å². The van der Waals surface area contributed by atoms with Crippen molar-refractivity contribution in [2.75, 3.05) is 22.6 Å². The Labute approximate surface area is 210 Å². The van der Waals surface area contributed by atoms with Gasteiger partial charge in [0.1, 0.15) is 5.75 Å². The Morgan fingerprint density at radius 2 is 1.36 bits per heavy atom. The van der Waals surface area contributed by atoms with Crippen LogP contribution in [0, 0.1) is 0 Å². The summed E-state index contributed by atoms with van der Waals surface area (Å²) in [5.74, 6) is 0.131. The predicted molar refractivity (Wildman–Crippen MR) is 146 cm³/mol. The van der Waals surface area contributed by atoms with Gasteiger partial charge in [0.15, 0.2) is 0 Å². The molecule has 0 spiro atoms. The minimum Gasteiger partial charge on any atom is -0.494 e. The molecule has 0 unspecified atom stereocenters. The molecule has 4 aromatic rings. The molecule has 0 atom stereocenters. The molecule has 0 aliphatic heterocycles. The average molecular weight is 478 g/mol. The van der Waals surface area contributed by atoms with Gasteiger partial charge in [-0.2, -0.15) is 0 Å². The number of hydrogen-bond donors (Lipinski definition) is 3. The lowest BCUT2D eigenvalue weighted by atomic mass is 10.1. The highest BCUT2D eigenvalue weighted by Crippen LogP contribution is 2.21. The Bertz CT molecular complexity index is 1330. The van der Waals surface area contributed by atoms with Gasteiger partial charge in [-0.3, -0.25) is 9.59 Å². The third-order valence-electron chi connectivity index (χ3n) is 5.25. The summed E-state index contributed by atoms with van der Waals surface area (Å²) < 4.78 is 5.43. The summed E-state index contributed by atoms with van der Waals surface area (Å²) in [5, 5.41) is 8.99. The van der Waals surface area contributed by atoms with Gasteiger partial charge in [0.2, 0.25) is 5.91 Å². The van der Waals surface area contributed by atoms with E-state index >= 15 is 0 Å². The number of carbonyl (C=O) groups is 2. The van der Waals surface area contributed by atoms with Gasteiger partial charge in [-0.25, -0.2) is 0 Å². The summed E-state index contributed by atoms with van der Waals surface area (Å²) in [7, 11) is 0. The Morgan fingerprint density at radius 3 is 2.08 bits per heavy atom. The van der Waals surface area contributed by atoms with Crippen LogP contribution in [0.3, 0.4) is 0 Å². The summed E-state index contributed by atoms with van der Waals surface area (Å²) in [6.45, 7) is 2.53. The second-order valence-corrected chi connectivity index (χ2v) is 7.89. The van der Waals surface area contributed by atoms with Crippen LogP contribution in [0.25, 0.3) is 6.08 Å². The van der Waals surface area contributed by atoms with E-state index in [1.807, 2.05) is 85.8 Å². The van der Waals surface area contributed by atoms with Crippen LogP contribution in [-0.2, 0) is 4.79 Å². The number of nitrogens with one attached hydrogen (secondary N) is 3. The lowest BCUT2D eigenvalue weighted by molar-refractivity contribution is -0.111. The number of amides is 2. The monoisotopic (exact) mass is 477 g/mol. The quantitative estimate of drug-likeness (QED) is 0.233. The molecular weight excluding hydrogens is 450 g/mol. The molecule has 6 heteroatoms. The van der Waals surface area contributed by atoms with Crippen molar-refractivity contribution in [1.82, 2.24) is 0 Å². The third kappa shape index (κ3) is 6.84. The van der Waals surface area contributed by atoms with Crippen LogP contribution in [-0.4, -0.2) is 18.4 Å². The molecule has 0 saturated carbocycles. The summed E-state index contributed by atoms with van der Waals surface area (Å²) in [6, 6.07) is 31.6. The van der Waals surface area contributed by atoms with Crippen LogP contribution in [0.2, 0.25) is 0 Å². The molecule has 0 aromatic heterocycles. The van der Waals surface area contributed by atoms with Gasteiger partial charge in [-0.05, 0) is 79.2 Å². The number of benzene rings is 4. The summed E-state index contributed by atoms with van der Waals surface area (Å²) in [6.07, 6.45) is 3.14. The molecule has 36 heavy (non-hydrogen) atoms. The Hall–Kier alpha value is -4.84. The second-order valence-electron chi connectivity index (χ2n) is 7.89. The first-order chi connectivity index (χ1) is 17.6. The van der Waals surface area contributed by atoms with Gasteiger partial charge in [-0.1, -0.05) is 42.5 Å². The van der Waals surface area contributed by atoms with Crippen LogP contribution in [0.15, 0.2) is 109 Å². The predicted octanol–water partition coefficient (Wildman–Crippen LogP) is 6.73. The van der Waals surface area contributed by atoms with Crippen molar-refractivity contribution in [3.05, 3.63) is 120 Å². The Morgan fingerprint density at radius 1 is 0.722 bits per heavy atom. The van der Waals surface area contributed by atoms with Crippen molar-refractivity contribution in [3.63, 3.8) is 0 Å². The van der Waals surface area contributed by atoms with E-state index in [4.69, 9.17) is 4.74 Å². The van der Waals surface area contributed by atoms with Gasteiger partial charge in [0.25, 0.3) is 5.91 Å². The van der Waals surface area contributed by atoms with E-state index in [-0.39, 0.29) is 11.8 Å². The number of rotatable bonds is 9. The Kier molecular flexibility index (Phi) is 8.12. The number of para-hydroxylation sites is 2. The van der Waals surface area contributed by atoms with Crippen LogP contribution < -0.4 is 20.7 Å². The van der Waals surface area contributed by atoms with E-state index in [1.165, 1.54) is 6.08 Å². The number of carbonyl (C=O) groups excluding carboxylic acids is 2. The first-order valence-electron chi connectivity index (χ1n) is 11.6. The van der Waals surface area contributed by atoms with Crippen molar-refractivity contribution in [1.29, 1.82) is 0 Å². The molecular formula is C30H27N3O3. The molecule has 0 heterocycles. The van der Waals surface area contributed by atoms with Crippen LogP contribution in [0.1, 0.15) is 22.8 Å². The van der Waals surface area contributed by atoms with E-state index in [1.54, 1.807) is 30.3 Å². The maximum Gasteiger partial charge on any atom is 0.257 e. The minimum absolute atomic E-state index is 0.315. The maximum absolute atomic E-state index is 12.9. The van der Waals surface area contributed by atoms with Crippen LogP contribution in [0.4, 0.5) is 22.7 Å². The molecule has 0 fully saturated rings. The molecule has 3 N–H and O–H groups in total. The topological polar surface area (TPSA) is 79.5 Å². The zero-order chi connectivity index (χ0) is 25.2. The van der Waals surface area contributed by atoms with E-state index in [0.717, 1.165) is 22.7 Å². The van der Waals surface area contributed by atoms with Crippen molar-refractivity contribution in [2.45, 2.75) is 6.92 Å². The van der Waals surface area contributed by atoms with Gasteiger partial charge >= 0.3 is 0 Å². The number of hydrogen-bond acceptors (Lipinski definition) is 4. The van der Waals surface area contributed by atoms with E-state index in [0.29, 0.717) is 23.5 Å². The molecule has 4 rings (SSSR count). The largest absolute Gasteiger partial charge is 0.494 e. The van der Waals surface area contributed by atoms with Gasteiger partial charge in [0, 0.05) is 23.1 Å². The molecule has 4 aromatic carbocycles. The zero-order valence-electron chi connectivity index (χ0n) is 19.9. The molecule has 0 aliphatic rings. The molecule has 0 radical (unpaired) electrons. The van der Waals surface area contributed by atoms with Crippen LogP contribution >= 0.6 is 0 Å². The lowest BCUT2D eigenvalue weighted by Gasteiger charge is -2.11. The average Bonchev–Trinajstić information content (AvgIpc) is 2.90. The fourth-order valence-electron chi connectivity index (χ4n) is 3.50. The second kappa shape index (κ2) is 12.0. The smallest absolute Gasteiger partial charge is 0.257 e. The van der Waals surface area contributed by atoms with Crippen molar-refractivity contribution < 1.29 is 14.3 Å². The highest BCUT2D eigenvalue weighted by atomic mass is 16.5. The highest BCUT2D eigenvalue weighted by molar-refractivity contribution is 6.11. The van der Waals surface area contributed by atoms with Crippen molar-refractivity contribution in [2.24, 2.45) is 0 Å². The van der Waals surface area contributed by atoms with E-state index < -0.39 is 0 Å². The van der Waals surface area contributed by atoms with Gasteiger partial charge < -0.3 is 20.7 Å². The zero-order valence-corrected chi connectivity index (χ0v) is 19.9. The van der Waals surface area contributed by atoms with E-state index in [9.17, 15) is 9.59 Å². The third-order valence-corrected chi connectivity index (χ3v) is 5.25. The SMILES string of the molecule is CCOc1ccc(/C=C/C(=O)Nc2ccccc2C(=O)Nc2ccc(Nc3ccccc3)cc2)cc1. The molecule has 0 bridgehead atoms. The van der Waals surface area contributed by atoms with Gasteiger partial charge in [-0.15, -0.1) is 0 Å². The minimum atomic E-state index is -0.333. The van der Waals surface area contributed by atoms with E-state index in [2.05, 4.69) is 16.0 Å². The molecule has 0 saturated heterocycles. The Balaban J connectivity index is 1.37. The van der Waals surface area contributed by atoms with Gasteiger partial charge in [0.05, 0.1) is 17.9 Å². The number of anilines is 4. The standard InChI is InChI=1S/C30H27N3O3/c1-2-36-26-19-12-22(13-20-26)14-21-29(34)33-28-11-7-6-10-27(28)30(35)32-25-17-15-24(16-18-25)31-23-8-4-3-5-9-23/h3-21,31H,2H2,1H3,(H,32,35)(H,33,34)/b21-14+.